The van der Waals surface area contributed by atoms with Gasteiger partial charge in [-0.25, -0.2) is 0 Å². The van der Waals surface area contributed by atoms with E-state index in [9.17, 15) is 0 Å². The molecule has 0 radical (unpaired) electrons. The molecule has 0 aliphatic heterocycles. The number of furan rings is 1. The third-order valence-electron chi connectivity index (χ3n) is 0.379. The maximum Gasteiger partial charge on any atom is 0.104 e. The van der Waals surface area contributed by atoms with Crippen LogP contribution in [-0.2, 0) is 0 Å². The fraction of sp³-hybridized carbons (Fsp3) is 0. The van der Waals surface area contributed by atoms with Crippen LogP contribution in [0.5, 0.6) is 0 Å². The minimum Gasteiger partial charge on any atom is -0.473 e. The number of hydrogen-bond donors (Lipinski definition) is 0. The first-order valence-corrected chi connectivity index (χ1v) is 1.40. The van der Waals surface area contributed by atoms with Crippen molar-refractivity contribution in [3.63, 3.8) is 0 Å². The third-order valence-corrected chi connectivity index (χ3v) is 0.379. The Hall–Kier alpha value is -0.720. The summed E-state index contributed by atoms with van der Waals surface area (Å²) >= 11 is 0. The maximum absolute atomic E-state index is 6.71. The fourth-order valence-corrected chi connectivity index (χ4v) is 0.196. The smallest absolute Gasteiger partial charge is 0.104 e. The average Bonchev–Trinajstić information content (AvgIpc) is 1.86. The summed E-state index contributed by atoms with van der Waals surface area (Å²) in [7, 11) is 0. The average molecular weight is 69.1 g/mol. The molecular formula is C4H4O. The van der Waals surface area contributed by atoms with Crippen LogP contribution in [0.4, 0.5) is 0 Å². The van der Waals surface area contributed by atoms with Gasteiger partial charge in [0.1, 0.15) is 1.37 Å². The Morgan fingerprint density at radius 1 is 1.60 bits per heavy atom. The van der Waals surface area contributed by atoms with E-state index in [1.165, 1.54) is 6.26 Å². The van der Waals surface area contributed by atoms with Crippen LogP contribution in [0.2, 0.25) is 0 Å². The van der Waals surface area contributed by atoms with Crippen LogP contribution in [0, 0.1) is 0 Å². The minimum atomic E-state index is 0.218. The zero-order valence-corrected chi connectivity index (χ0v) is 2.64. The topological polar surface area (TPSA) is 13.1 Å². The molecule has 0 aromatic carbocycles. The lowest BCUT2D eigenvalue weighted by Crippen LogP contribution is -1.16. The molecule has 0 amide bonds. The molecule has 0 bridgehead atoms. The maximum atomic E-state index is 6.71. The van der Waals surface area contributed by atoms with Crippen LogP contribution in [0.3, 0.4) is 0 Å². The molecule has 0 saturated carbocycles. The molecule has 0 saturated heterocycles. The van der Waals surface area contributed by atoms with E-state index in [1.54, 1.807) is 12.1 Å². The summed E-state index contributed by atoms with van der Waals surface area (Å²) in [5.41, 5.74) is 0. The van der Waals surface area contributed by atoms with Crippen molar-refractivity contribution in [1.29, 1.82) is 0 Å². The normalized spacial score (nSPS) is 10.8. The Bertz CT molecular complexity index is 111. The molecule has 0 atom stereocenters. The highest BCUT2D eigenvalue weighted by atomic mass is 16.3. The zero-order valence-electron chi connectivity index (χ0n) is 3.64. The molecule has 0 unspecified atom stereocenters. The molecule has 0 spiro atoms. The Morgan fingerprint density at radius 2 is 2.60 bits per heavy atom. The fourth-order valence-electron chi connectivity index (χ4n) is 0.196. The molecule has 1 aromatic heterocycles. The molecule has 1 rings (SSSR count). The molecule has 1 heterocycles. The summed E-state index contributed by atoms with van der Waals surface area (Å²) in [4.78, 5) is 0. The Kier molecular flexibility index (Phi) is 0.307. The first-order valence-electron chi connectivity index (χ1n) is 1.90. The predicted molar refractivity (Wildman–Crippen MR) is 18.7 cm³/mol. The van der Waals surface area contributed by atoms with Gasteiger partial charge in [-0.15, -0.1) is 0 Å². The van der Waals surface area contributed by atoms with Crippen molar-refractivity contribution >= 4 is 0 Å². The van der Waals surface area contributed by atoms with Gasteiger partial charge in [0, 0.05) is 0 Å². The summed E-state index contributed by atoms with van der Waals surface area (Å²) in [6.45, 7) is 0. The summed E-state index contributed by atoms with van der Waals surface area (Å²) < 4.78 is 11.2. The largest absolute Gasteiger partial charge is 0.473 e. The lowest BCUT2D eigenvalue weighted by Gasteiger charge is -1.50. The second-order valence-corrected chi connectivity index (χ2v) is 0.731. The van der Waals surface area contributed by atoms with Gasteiger partial charge in [-0.2, -0.15) is 0 Å². The Morgan fingerprint density at radius 3 is 2.80 bits per heavy atom. The van der Waals surface area contributed by atoms with Crippen LogP contribution >= 0.6 is 0 Å². The number of rotatable bonds is 0. The quantitative estimate of drug-likeness (QED) is 0.447. The molecule has 26 valence electrons. The third kappa shape index (κ3) is 0.293. The molecule has 1 nitrogen and oxygen atoms in total. The molecular weight excluding hydrogens is 64.0 g/mol. The molecule has 1 heteroatoms. The van der Waals surface area contributed by atoms with Crippen LogP contribution in [-0.4, -0.2) is 0 Å². The van der Waals surface area contributed by atoms with E-state index in [1.807, 2.05) is 0 Å². The second-order valence-electron chi connectivity index (χ2n) is 0.731. The highest BCUT2D eigenvalue weighted by molar-refractivity contribution is 4.79. The van der Waals surface area contributed by atoms with Crippen molar-refractivity contribution in [3.8, 4) is 0 Å². The first-order chi connectivity index (χ1) is 2.89. The molecule has 5 heavy (non-hydrogen) atoms. The van der Waals surface area contributed by atoms with Crippen molar-refractivity contribution < 1.29 is 5.79 Å². The monoisotopic (exact) mass is 69.0 g/mol. The van der Waals surface area contributed by atoms with E-state index in [4.69, 9.17) is 1.37 Å². The van der Waals surface area contributed by atoms with Gasteiger partial charge in [0.2, 0.25) is 0 Å². The van der Waals surface area contributed by atoms with Gasteiger partial charge < -0.3 is 4.42 Å². The molecule has 0 aliphatic rings. The van der Waals surface area contributed by atoms with Gasteiger partial charge >= 0.3 is 0 Å². The van der Waals surface area contributed by atoms with E-state index >= 15 is 0 Å². The van der Waals surface area contributed by atoms with Crippen molar-refractivity contribution in [2.45, 2.75) is 0 Å². The molecule has 0 aliphatic carbocycles. The highest BCUT2D eigenvalue weighted by Gasteiger charge is 1.58. The van der Waals surface area contributed by atoms with Crippen LogP contribution in [0.15, 0.2) is 29.1 Å². The summed E-state index contributed by atoms with van der Waals surface area (Å²) in [6.07, 6.45) is 1.69. The Balaban J connectivity index is 3.05. The van der Waals surface area contributed by atoms with Crippen molar-refractivity contribution in [2.75, 3.05) is 0 Å². The SMILES string of the molecule is [2H]c1ccco1. The zero-order chi connectivity index (χ0) is 4.41. The van der Waals surface area contributed by atoms with Crippen LogP contribution < -0.4 is 0 Å². The number of hydrogen-bond acceptors (Lipinski definition) is 1. The first kappa shape index (κ1) is 1.65. The predicted octanol–water partition coefficient (Wildman–Crippen LogP) is 1.28. The lowest BCUT2D eigenvalue weighted by atomic mass is 10.7. The molecule has 1 aromatic rings. The highest BCUT2D eigenvalue weighted by Crippen LogP contribution is 1.79. The van der Waals surface area contributed by atoms with Gasteiger partial charge in [0.15, 0.2) is 0 Å². The van der Waals surface area contributed by atoms with E-state index in [0.717, 1.165) is 0 Å². The summed E-state index contributed by atoms with van der Waals surface area (Å²) in [6, 6.07) is 3.27. The standard InChI is InChI=1S/C4H4O/c1-2-4-5-3-1/h1-4H/i3D. The lowest BCUT2D eigenvalue weighted by molar-refractivity contribution is 0.567. The summed E-state index contributed by atoms with van der Waals surface area (Å²) in [5.74, 6) is 0. The summed E-state index contributed by atoms with van der Waals surface area (Å²) in [5, 5.41) is 0. The molecule has 0 N–H and O–H groups in total. The van der Waals surface area contributed by atoms with Gasteiger partial charge in [0.05, 0.1) is 12.5 Å². The van der Waals surface area contributed by atoms with Gasteiger partial charge in [-0.1, -0.05) is 0 Å². The van der Waals surface area contributed by atoms with E-state index in [2.05, 4.69) is 4.42 Å². The van der Waals surface area contributed by atoms with Crippen LogP contribution in [0.1, 0.15) is 1.37 Å². The van der Waals surface area contributed by atoms with E-state index in [0.29, 0.717) is 0 Å². The van der Waals surface area contributed by atoms with Crippen molar-refractivity contribution in [2.24, 2.45) is 0 Å². The second kappa shape index (κ2) is 0.931. The van der Waals surface area contributed by atoms with E-state index < -0.39 is 0 Å². The van der Waals surface area contributed by atoms with Crippen LogP contribution in [0.25, 0.3) is 0 Å². The van der Waals surface area contributed by atoms with E-state index in [-0.39, 0.29) is 6.24 Å². The van der Waals surface area contributed by atoms with Gasteiger partial charge in [0.25, 0.3) is 0 Å². The van der Waals surface area contributed by atoms with Gasteiger partial charge in [-0.3, -0.25) is 0 Å². The minimum absolute atomic E-state index is 0.218. The Labute approximate surface area is 31.6 Å². The van der Waals surface area contributed by atoms with Gasteiger partial charge in [-0.05, 0) is 12.1 Å². The van der Waals surface area contributed by atoms with Crippen molar-refractivity contribution in [1.82, 2.24) is 0 Å². The van der Waals surface area contributed by atoms with Crippen molar-refractivity contribution in [3.05, 3.63) is 24.6 Å². The molecule has 0 fully saturated rings.